The summed E-state index contributed by atoms with van der Waals surface area (Å²) in [4.78, 5) is 58.8. The monoisotopic (exact) mass is 590 g/mol. The zero-order valence-corrected chi connectivity index (χ0v) is 23.0. The lowest BCUT2D eigenvalue weighted by Gasteiger charge is -2.44. The molecule has 1 atom stereocenters. The summed E-state index contributed by atoms with van der Waals surface area (Å²) in [5.41, 5.74) is 11.7. The number of amides is 2. The Morgan fingerprint density at radius 1 is 1.38 bits per heavy atom. The van der Waals surface area contributed by atoms with Crippen LogP contribution in [0.2, 0.25) is 0 Å². The summed E-state index contributed by atoms with van der Waals surface area (Å²) in [6, 6.07) is 3.86. The van der Waals surface area contributed by atoms with Crippen molar-refractivity contribution in [2.24, 2.45) is 10.1 Å². The molecule has 14 nitrogen and oxygen atoms in total. The van der Waals surface area contributed by atoms with Crippen LogP contribution in [-0.2, 0) is 24.1 Å². The predicted molar refractivity (Wildman–Crippen MR) is 146 cm³/mol. The molecule has 0 saturated carbocycles. The highest BCUT2D eigenvalue weighted by molar-refractivity contribution is 8.01. The number of nitrogens with one attached hydrogen (secondary N) is 3. The van der Waals surface area contributed by atoms with E-state index in [1.807, 2.05) is 24.5 Å². The van der Waals surface area contributed by atoms with Crippen molar-refractivity contribution in [3.05, 3.63) is 46.9 Å². The molecule has 0 aromatic carbocycles. The SMILES string of the molecule is CO/N=C(\C(=O)NOC(=O)C1=C(CSc2cc[n+](NC3=NCCN3)cc2)CS[C@H]2CC(=O)N12)c1csc(N)n1. The zero-order valence-electron chi connectivity index (χ0n) is 20.6. The van der Waals surface area contributed by atoms with Crippen LogP contribution in [0.15, 0.2) is 56.2 Å². The van der Waals surface area contributed by atoms with Crippen LogP contribution in [0.4, 0.5) is 5.13 Å². The number of oxime groups is 1. The zero-order chi connectivity index (χ0) is 27.4. The van der Waals surface area contributed by atoms with E-state index >= 15 is 0 Å². The molecule has 1 fully saturated rings. The molecule has 5 heterocycles. The summed E-state index contributed by atoms with van der Waals surface area (Å²) in [6.45, 7) is 1.54. The number of guanidine groups is 1. The Balaban J connectivity index is 1.26. The molecule has 5 rings (SSSR count). The van der Waals surface area contributed by atoms with Gasteiger partial charge in [-0.2, -0.15) is 5.48 Å². The van der Waals surface area contributed by atoms with Gasteiger partial charge in [0, 0.05) is 40.5 Å². The van der Waals surface area contributed by atoms with Crippen LogP contribution in [-0.4, -0.2) is 76.4 Å². The van der Waals surface area contributed by atoms with Gasteiger partial charge in [-0.1, -0.05) is 9.83 Å². The Kier molecular flexibility index (Phi) is 8.18. The Hall–Kier alpha value is -3.83. The number of aliphatic imine (C=N–C) groups is 1. The van der Waals surface area contributed by atoms with Crippen molar-refractivity contribution in [1.82, 2.24) is 20.7 Å². The number of thioether (sulfide) groups is 2. The summed E-state index contributed by atoms with van der Waals surface area (Å²) in [6.07, 6.45) is 4.07. The third-order valence-electron chi connectivity index (χ3n) is 5.64. The molecule has 0 radical (unpaired) electrons. The maximum atomic E-state index is 13.1. The molecule has 39 heavy (non-hydrogen) atoms. The number of rotatable bonds is 8. The number of carbonyl (C=O) groups excluding carboxylic acids is 3. The largest absolute Gasteiger partial charge is 0.398 e. The minimum atomic E-state index is -0.853. The summed E-state index contributed by atoms with van der Waals surface area (Å²) < 4.78 is 1.78. The number of hydroxylamine groups is 1. The van der Waals surface area contributed by atoms with E-state index in [0.717, 1.165) is 34.9 Å². The quantitative estimate of drug-likeness (QED) is 0.105. The van der Waals surface area contributed by atoms with Gasteiger partial charge in [-0.3, -0.25) is 14.5 Å². The normalized spacial score (nSPS) is 18.5. The van der Waals surface area contributed by atoms with Crippen LogP contribution < -0.4 is 26.6 Å². The molecule has 0 spiro atoms. The highest BCUT2D eigenvalue weighted by atomic mass is 32.2. The van der Waals surface area contributed by atoms with Crippen LogP contribution in [0.25, 0.3) is 0 Å². The summed E-state index contributed by atoms with van der Waals surface area (Å²) in [7, 11) is 1.27. The van der Waals surface area contributed by atoms with E-state index < -0.39 is 11.9 Å². The van der Waals surface area contributed by atoms with Gasteiger partial charge in [0.25, 0.3) is 0 Å². The lowest BCUT2D eigenvalue weighted by Crippen LogP contribution is -2.54. The van der Waals surface area contributed by atoms with Crippen LogP contribution >= 0.6 is 34.9 Å². The molecule has 2 aromatic rings. The second-order valence-corrected chi connectivity index (χ2v) is 11.3. The van der Waals surface area contributed by atoms with Crippen LogP contribution in [0.5, 0.6) is 0 Å². The van der Waals surface area contributed by atoms with Gasteiger partial charge in [0.15, 0.2) is 10.8 Å². The Morgan fingerprint density at radius 3 is 2.87 bits per heavy atom. The van der Waals surface area contributed by atoms with Gasteiger partial charge in [-0.05, 0) is 5.57 Å². The van der Waals surface area contributed by atoms with Gasteiger partial charge in [0.1, 0.15) is 18.5 Å². The summed E-state index contributed by atoms with van der Waals surface area (Å²) in [5.74, 6) is -0.163. The number of β-lactam (4-membered cyclic amide) rings is 1. The van der Waals surface area contributed by atoms with E-state index in [2.05, 4.69) is 31.4 Å². The van der Waals surface area contributed by atoms with Gasteiger partial charge in [0.05, 0.1) is 18.3 Å². The molecule has 0 unspecified atom stereocenters. The smallest absolute Gasteiger partial charge is 0.379 e. The fraction of sp³-hybridized carbons (Fsp3) is 0.318. The average Bonchev–Trinajstić information content (AvgIpc) is 3.61. The molecule has 0 aliphatic carbocycles. The van der Waals surface area contributed by atoms with Crippen molar-refractivity contribution in [3.8, 4) is 0 Å². The van der Waals surface area contributed by atoms with Gasteiger partial charge in [-0.15, -0.1) is 40.3 Å². The number of hydrogen-bond acceptors (Lipinski definition) is 14. The lowest BCUT2D eigenvalue weighted by molar-refractivity contribution is -0.640. The third kappa shape index (κ3) is 6.10. The predicted octanol–water partition coefficient (Wildman–Crippen LogP) is -0.208. The van der Waals surface area contributed by atoms with E-state index in [1.165, 1.54) is 29.2 Å². The van der Waals surface area contributed by atoms with E-state index in [4.69, 9.17) is 15.4 Å². The van der Waals surface area contributed by atoms with E-state index in [0.29, 0.717) is 23.9 Å². The second kappa shape index (κ2) is 11.9. The number of thiazole rings is 1. The first-order chi connectivity index (χ1) is 18.9. The number of hydrogen-bond donors (Lipinski definition) is 4. The van der Waals surface area contributed by atoms with Crippen molar-refractivity contribution in [2.45, 2.75) is 16.7 Å². The van der Waals surface area contributed by atoms with E-state index in [-0.39, 0.29) is 33.5 Å². The molecule has 17 heteroatoms. The fourth-order valence-electron chi connectivity index (χ4n) is 3.81. The molecule has 1 saturated heterocycles. The second-order valence-electron chi connectivity index (χ2n) is 8.20. The molecule has 2 amide bonds. The standard InChI is InChI=1S/C22H23N9O5S3/c1-35-28-17(14-11-39-21(23)26-14)19(33)29-36-20(34)18-12(10-38-16-8-15(32)31(16)18)9-37-13-2-6-30(7-3-13)27-22-24-4-5-25-22/h2-3,6-7,11,16H,4-5,8-10H2,1H3,(H4-,23,24,25,26,27,29,33)/p+1/b28-17-/t16-/m0/s1. The fourth-order valence-corrected chi connectivity index (χ4v) is 6.64. The Morgan fingerprint density at radius 2 is 2.21 bits per heavy atom. The number of anilines is 1. The topological polar surface area (TPSA) is 177 Å². The van der Waals surface area contributed by atoms with Crippen LogP contribution in [0, 0.1) is 0 Å². The van der Waals surface area contributed by atoms with E-state index in [1.54, 1.807) is 16.4 Å². The van der Waals surface area contributed by atoms with Gasteiger partial charge >= 0.3 is 11.9 Å². The number of carbonyl (C=O) groups is 3. The maximum absolute atomic E-state index is 13.1. The lowest BCUT2D eigenvalue weighted by atomic mass is 10.1. The van der Waals surface area contributed by atoms with Crippen molar-refractivity contribution in [3.63, 3.8) is 0 Å². The van der Waals surface area contributed by atoms with Crippen molar-refractivity contribution in [2.75, 3.05) is 42.9 Å². The van der Waals surface area contributed by atoms with Crippen molar-refractivity contribution >= 4 is 69.4 Å². The first kappa shape index (κ1) is 26.8. The van der Waals surface area contributed by atoms with Gasteiger partial charge in [0.2, 0.25) is 24.3 Å². The maximum Gasteiger partial charge on any atom is 0.379 e. The number of nitrogens with zero attached hydrogens (tertiary/aromatic N) is 5. The molecule has 3 aliphatic rings. The average molecular weight is 591 g/mol. The van der Waals surface area contributed by atoms with Crippen molar-refractivity contribution < 1.29 is 28.7 Å². The number of nitrogens with two attached hydrogens (primary N) is 1. The number of nitrogen functional groups attached to an aromatic ring is 1. The first-order valence-electron chi connectivity index (χ1n) is 11.6. The number of aromatic nitrogens is 2. The molecule has 204 valence electrons. The highest BCUT2D eigenvalue weighted by Crippen LogP contribution is 2.41. The van der Waals surface area contributed by atoms with Crippen molar-refractivity contribution in [1.29, 1.82) is 0 Å². The summed E-state index contributed by atoms with van der Waals surface area (Å²) >= 11 is 4.22. The van der Waals surface area contributed by atoms with Crippen LogP contribution in [0.3, 0.4) is 0 Å². The minimum Gasteiger partial charge on any atom is -0.398 e. The Labute approximate surface area is 235 Å². The molecular weight excluding hydrogens is 567 g/mol. The van der Waals surface area contributed by atoms with Crippen LogP contribution in [0.1, 0.15) is 12.1 Å². The molecular formula is C22H24N9O5S3+. The highest BCUT2D eigenvalue weighted by Gasteiger charge is 2.46. The van der Waals surface area contributed by atoms with Gasteiger partial charge in [-0.25, -0.2) is 14.8 Å². The summed E-state index contributed by atoms with van der Waals surface area (Å²) in [5, 5.41) is 8.42. The Bertz CT molecular complexity index is 1380. The molecule has 3 aliphatic heterocycles. The van der Waals surface area contributed by atoms with E-state index in [9.17, 15) is 14.4 Å². The molecule has 2 aromatic heterocycles. The van der Waals surface area contributed by atoms with Gasteiger partial charge < -0.3 is 20.7 Å². The molecule has 0 bridgehead atoms. The first-order valence-corrected chi connectivity index (χ1v) is 14.5. The molecule has 5 N–H and O–H groups in total. The minimum absolute atomic E-state index is 0.137. The third-order valence-corrected chi connectivity index (χ3v) is 8.69. The number of pyridine rings is 1. The number of fused-ring (bicyclic) bond motifs is 1.